The van der Waals surface area contributed by atoms with Crippen molar-refractivity contribution in [3.8, 4) is 0 Å². The van der Waals surface area contributed by atoms with Gasteiger partial charge in [0, 0.05) is 13.1 Å². The molecule has 0 aliphatic carbocycles. The summed E-state index contributed by atoms with van der Waals surface area (Å²) in [5.74, 6) is 0.920. The smallest absolute Gasteiger partial charge is 0.248 e. The summed E-state index contributed by atoms with van der Waals surface area (Å²) in [5, 5.41) is 3.18. The molecule has 0 unspecified atom stereocenters. The minimum absolute atomic E-state index is 0. The van der Waals surface area contributed by atoms with Crippen LogP contribution in [0.2, 0.25) is 0 Å². The van der Waals surface area contributed by atoms with Gasteiger partial charge in [0.2, 0.25) is 5.91 Å². The molecule has 1 aliphatic heterocycles. The zero-order chi connectivity index (χ0) is 12.7. The number of hydrogen-bond acceptors (Lipinski definition) is 3. The van der Waals surface area contributed by atoms with E-state index in [-0.39, 0.29) is 31.0 Å². The van der Waals surface area contributed by atoms with E-state index in [1.54, 1.807) is 0 Å². The highest BCUT2D eigenvalue weighted by molar-refractivity contribution is 5.85. The highest BCUT2D eigenvalue weighted by Gasteiger charge is 2.22. The Morgan fingerprint density at radius 3 is 2.50 bits per heavy atom. The predicted octanol–water partition coefficient (Wildman–Crippen LogP) is 1.68. The van der Waals surface area contributed by atoms with Crippen molar-refractivity contribution in [2.45, 2.75) is 39.2 Å². The fourth-order valence-electron chi connectivity index (χ4n) is 2.15. The number of nitrogens with one attached hydrogen (secondary N) is 1. The number of likely N-dealkylation sites (tertiary alicyclic amines) is 1. The molecule has 1 amide bonds. The number of ether oxygens (including phenoxy) is 1. The topological polar surface area (TPSA) is 41.6 Å². The molecule has 0 radical (unpaired) electrons. The molecule has 0 aromatic heterocycles. The molecule has 1 fully saturated rings. The molecule has 108 valence electrons. The van der Waals surface area contributed by atoms with Crippen LogP contribution in [-0.4, -0.2) is 50.2 Å². The second-order valence-electron chi connectivity index (χ2n) is 5.08. The monoisotopic (exact) mass is 278 g/mol. The molecule has 0 aromatic rings. The number of carbonyl (C=O) groups is 1. The van der Waals surface area contributed by atoms with Gasteiger partial charge in [-0.2, -0.15) is 0 Å². The van der Waals surface area contributed by atoms with Crippen molar-refractivity contribution in [3.05, 3.63) is 0 Å². The molecule has 0 atom stereocenters. The Balaban J connectivity index is 0.00000289. The predicted molar refractivity (Wildman–Crippen MR) is 76.2 cm³/mol. The van der Waals surface area contributed by atoms with Crippen LogP contribution < -0.4 is 5.32 Å². The Kier molecular flexibility index (Phi) is 9.42. The number of hydrogen-bond donors (Lipinski definition) is 1. The highest BCUT2D eigenvalue weighted by Crippen LogP contribution is 2.20. The van der Waals surface area contributed by atoms with Gasteiger partial charge in [0.05, 0.1) is 6.10 Å². The second-order valence-corrected chi connectivity index (χ2v) is 5.08. The summed E-state index contributed by atoms with van der Waals surface area (Å²) >= 11 is 0. The second kappa shape index (κ2) is 9.59. The van der Waals surface area contributed by atoms with E-state index in [0.29, 0.717) is 0 Å². The fraction of sp³-hybridized carbons (Fsp3) is 0.923. The summed E-state index contributed by atoms with van der Waals surface area (Å²) in [6.45, 7) is 7.02. The molecule has 5 heteroatoms. The Bertz CT molecular complexity index is 229. The third kappa shape index (κ3) is 6.57. The average Bonchev–Trinajstić information content (AvgIpc) is 2.34. The van der Waals surface area contributed by atoms with Crippen molar-refractivity contribution in [3.63, 3.8) is 0 Å². The molecular formula is C13H27ClN2O2. The van der Waals surface area contributed by atoms with Crippen LogP contribution in [0.3, 0.4) is 0 Å². The lowest BCUT2D eigenvalue weighted by Crippen LogP contribution is -2.41. The van der Waals surface area contributed by atoms with Crippen LogP contribution in [-0.2, 0) is 9.53 Å². The van der Waals surface area contributed by atoms with E-state index in [1.165, 1.54) is 6.42 Å². The normalized spacial score (nSPS) is 16.8. The SMILES string of the molecule is CNCCC1CCN(C(=O)COC(C)C)CC1.Cl. The van der Waals surface area contributed by atoms with Gasteiger partial charge in [0.15, 0.2) is 0 Å². The Morgan fingerprint density at radius 2 is 2.00 bits per heavy atom. The van der Waals surface area contributed by atoms with Gasteiger partial charge >= 0.3 is 0 Å². The van der Waals surface area contributed by atoms with Crippen molar-refractivity contribution in [1.82, 2.24) is 10.2 Å². The molecule has 18 heavy (non-hydrogen) atoms. The maximum atomic E-state index is 11.8. The molecule has 1 heterocycles. The van der Waals surface area contributed by atoms with Crippen molar-refractivity contribution in [1.29, 1.82) is 0 Å². The summed E-state index contributed by atoms with van der Waals surface area (Å²) in [4.78, 5) is 13.8. The summed E-state index contributed by atoms with van der Waals surface area (Å²) in [6, 6.07) is 0. The molecular weight excluding hydrogens is 252 g/mol. The fourth-order valence-corrected chi connectivity index (χ4v) is 2.15. The van der Waals surface area contributed by atoms with Crippen LogP contribution in [0, 0.1) is 5.92 Å². The van der Waals surface area contributed by atoms with Crippen molar-refractivity contribution in [2.24, 2.45) is 5.92 Å². The van der Waals surface area contributed by atoms with Crippen LogP contribution in [0.25, 0.3) is 0 Å². The van der Waals surface area contributed by atoms with Crippen LogP contribution in [0.4, 0.5) is 0 Å². The van der Waals surface area contributed by atoms with E-state index in [1.807, 2.05) is 25.8 Å². The van der Waals surface area contributed by atoms with Crippen LogP contribution in [0.15, 0.2) is 0 Å². The van der Waals surface area contributed by atoms with Crippen molar-refractivity contribution < 1.29 is 9.53 Å². The zero-order valence-electron chi connectivity index (χ0n) is 11.8. The Hall–Kier alpha value is -0.320. The van der Waals surface area contributed by atoms with Crippen molar-refractivity contribution in [2.75, 3.05) is 33.3 Å². The minimum Gasteiger partial charge on any atom is -0.369 e. The first-order valence-electron chi connectivity index (χ1n) is 6.67. The first kappa shape index (κ1) is 17.7. The van der Waals surface area contributed by atoms with E-state index in [2.05, 4.69) is 5.32 Å². The molecule has 1 aliphatic rings. The summed E-state index contributed by atoms with van der Waals surface area (Å²) in [5.41, 5.74) is 0. The van der Waals surface area contributed by atoms with Gasteiger partial charge in [-0.25, -0.2) is 0 Å². The Labute approximate surface area is 117 Å². The maximum Gasteiger partial charge on any atom is 0.248 e. The van der Waals surface area contributed by atoms with Crippen LogP contribution >= 0.6 is 12.4 Å². The number of carbonyl (C=O) groups excluding carboxylic acids is 1. The van der Waals surface area contributed by atoms with E-state index in [9.17, 15) is 4.79 Å². The molecule has 0 aromatic carbocycles. The molecule has 0 saturated carbocycles. The lowest BCUT2D eigenvalue weighted by Gasteiger charge is -2.32. The molecule has 0 bridgehead atoms. The average molecular weight is 279 g/mol. The van der Waals surface area contributed by atoms with Gasteiger partial charge < -0.3 is 15.0 Å². The summed E-state index contributed by atoms with van der Waals surface area (Å²) in [6.07, 6.45) is 3.62. The van der Waals surface area contributed by atoms with Gasteiger partial charge in [-0.05, 0) is 52.6 Å². The highest BCUT2D eigenvalue weighted by atomic mass is 35.5. The van der Waals surface area contributed by atoms with Crippen molar-refractivity contribution >= 4 is 18.3 Å². The largest absolute Gasteiger partial charge is 0.369 e. The number of rotatable bonds is 6. The van der Waals surface area contributed by atoms with E-state index >= 15 is 0 Å². The number of nitrogens with zero attached hydrogens (tertiary/aromatic N) is 1. The number of piperidine rings is 1. The molecule has 0 spiro atoms. The van der Waals surface area contributed by atoms with E-state index < -0.39 is 0 Å². The first-order chi connectivity index (χ1) is 8.13. The van der Waals surface area contributed by atoms with Gasteiger partial charge in [-0.1, -0.05) is 0 Å². The van der Waals surface area contributed by atoms with Gasteiger partial charge in [0.25, 0.3) is 0 Å². The third-order valence-electron chi connectivity index (χ3n) is 3.31. The minimum atomic E-state index is 0. The maximum absolute atomic E-state index is 11.8. The Morgan fingerprint density at radius 1 is 1.39 bits per heavy atom. The quantitative estimate of drug-likeness (QED) is 0.804. The van der Waals surface area contributed by atoms with Crippen LogP contribution in [0.1, 0.15) is 33.1 Å². The molecule has 1 N–H and O–H groups in total. The van der Waals surface area contributed by atoms with Gasteiger partial charge in [0.1, 0.15) is 6.61 Å². The van der Waals surface area contributed by atoms with Gasteiger partial charge in [-0.15, -0.1) is 12.4 Å². The summed E-state index contributed by atoms with van der Waals surface area (Å²) in [7, 11) is 1.99. The number of amides is 1. The molecule has 1 saturated heterocycles. The number of halogens is 1. The lowest BCUT2D eigenvalue weighted by atomic mass is 9.93. The summed E-state index contributed by atoms with van der Waals surface area (Å²) < 4.78 is 5.35. The van der Waals surface area contributed by atoms with Crippen LogP contribution in [0.5, 0.6) is 0 Å². The molecule has 1 rings (SSSR count). The zero-order valence-corrected chi connectivity index (χ0v) is 12.6. The molecule has 4 nitrogen and oxygen atoms in total. The standard InChI is InChI=1S/C13H26N2O2.ClH/c1-11(2)17-10-13(16)15-8-5-12(6-9-15)4-7-14-3;/h11-12,14H,4-10H2,1-3H3;1H. The lowest BCUT2D eigenvalue weighted by molar-refractivity contribution is -0.139. The van der Waals surface area contributed by atoms with Gasteiger partial charge in [-0.3, -0.25) is 4.79 Å². The van der Waals surface area contributed by atoms with E-state index in [0.717, 1.165) is 38.4 Å². The van der Waals surface area contributed by atoms with E-state index in [4.69, 9.17) is 4.74 Å². The first-order valence-corrected chi connectivity index (χ1v) is 6.67. The third-order valence-corrected chi connectivity index (χ3v) is 3.31.